The number of carbonyl (C=O) groups is 2. The first-order chi connectivity index (χ1) is 19.1. The molecule has 0 spiro atoms. The van der Waals surface area contributed by atoms with Gasteiger partial charge < -0.3 is 10.6 Å². The van der Waals surface area contributed by atoms with Crippen LogP contribution in [-0.4, -0.2) is 21.7 Å². The molecular weight excluding hydrogens is 563 g/mol. The van der Waals surface area contributed by atoms with E-state index in [0.717, 1.165) is 24.3 Å². The van der Waals surface area contributed by atoms with Gasteiger partial charge in [-0.2, -0.15) is 5.11 Å². The summed E-state index contributed by atoms with van der Waals surface area (Å²) in [5.41, 5.74) is -0.738. The third-order valence-corrected chi connectivity index (χ3v) is 5.80. The van der Waals surface area contributed by atoms with Crippen LogP contribution in [0.1, 0.15) is 20.7 Å². The average Bonchev–Trinajstić information content (AvgIpc) is 2.92. The third-order valence-electron chi connectivity index (χ3n) is 5.33. The maximum absolute atomic E-state index is 13.1. The van der Waals surface area contributed by atoms with Crippen LogP contribution in [0.4, 0.5) is 34.1 Å². The summed E-state index contributed by atoms with van der Waals surface area (Å²) < 4.78 is 0. The second-order valence-electron chi connectivity index (χ2n) is 8.01. The highest BCUT2D eigenvalue weighted by Crippen LogP contribution is 2.33. The van der Waals surface area contributed by atoms with Gasteiger partial charge in [-0.05, 0) is 54.6 Å². The van der Waals surface area contributed by atoms with Crippen molar-refractivity contribution in [3.8, 4) is 0 Å². The fraction of sp³-hybridized carbons (Fsp3) is 0. The van der Waals surface area contributed by atoms with Crippen molar-refractivity contribution in [1.82, 2.24) is 0 Å². The van der Waals surface area contributed by atoms with Crippen LogP contribution in [-0.2, 0) is 0 Å². The Labute approximate surface area is 235 Å². The Morgan fingerprint density at radius 2 is 1.23 bits per heavy atom. The number of benzene rings is 4. The van der Waals surface area contributed by atoms with Gasteiger partial charge in [0.1, 0.15) is 16.8 Å². The van der Waals surface area contributed by atoms with Crippen molar-refractivity contribution in [2.75, 3.05) is 10.6 Å². The smallest absolute Gasteiger partial charge is 0.282 e. The molecule has 12 nitrogen and oxygen atoms in total. The predicted octanol–water partition coefficient (Wildman–Crippen LogP) is 7.73. The van der Waals surface area contributed by atoms with Crippen molar-refractivity contribution in [2.45, 2.75) is 0 Å². The van der Waals surface area contributed by atoms with E-state index in [1.165, 1.54) is 30.3 Å². The van der Waals surface area contributed by atoms with Crippen LogP contribution in [0, 0.1) is 20.2 Å². The van der Waals surface area contributed by atoms with Crippen molar-refractivity contribution in [1.29, 1.82) is 0 Å². The monoisotopic (exact) mass is 578 g/mol. The molecule has 2 amide bonds. The molecule has 0 saturated carbocycles. The quantitative estimate of drug-likeness (QED) is 0.123. The van der Waals surface area contributed by atoms with Gasteiger partial charge in [0, 0.05) is 27.9 Å². The van der Waals surface area contributed by atoms with Crippen LogP contribution < -0.4 is 10.6 Å². The Bertz CT molecular complexity index is 1680. The fourth-order valence-electron chi connectivity index (χ4n) is 3.49. The van der Waals surface area contributed by atoms with E-state index in [2.05, 4.69) is 20.9 Å². The lowest BCUT2D eigenvalue weighted by atomic mass is 10.1. The summed E-state index contributed by atoms with van der Waals surface area (Å²) in [6.07, 6.45) is 0. The number of nitrogens with one attached hydrogen (secondary N) is 2. The number of hydrogen-bond acceptors (Lipinski definition) is 8. The van der Waals surface area contributed by atoms with Crippen LogP contribution in [0.25, 0.3) is 0 Å². The highest BCUT2D eigenvalue weighted by molar-refractivity contribution is 6.31. The highest BCUT2D eigenvalue weighted by Gasteiger charge is 2.23. The summed E-state index contributed by atoms with van der Waals surface area (Å²) >= 11 is 11.9. The molecule has 200 valence electrons. The van der Waals surface area contributed by atoms with Gasteiger partial charge >= 0.3 is 0 Å². The number of carbonyl (C=O) groups excluding carboxylic acids is 2. The fourth-order valence-corrected chi connectivity index (χ4v) is 3.84. The maximum atomic E-state index is 13.1. The minimum Gasteiger partial charge on any atom is -0.322 e. The topological polar surface area (TPSA) is 169 Å². The number of nitro benzene ring substituents is 2. The Hall–Kier alpha value is -5.20. The molecule has 0 radical (unpaired) electrons. The van der Waals surface area contributed by atoms with Crippen molar-refractivity contribution in [3.05, 3.63) is 126 Å². The van der Waals surface area contributed by atoms with E-state index >= 15 is 0 Å². The van der Waals surface area contributed by atoms with E-state index in [-0.39, 0.29) is 38.2 Å². The zero-order chi connectivity index (χ0) is 28.8. The first kappa shape index (κ1) is 27.8. The molecule has 0 aliphatic carbocycles. The number of anilines is 2. The molecule has 0 aliphatic heterocycles. The molecule has 0 fully saturated rings. The maximum Gasteiger partial charge on any atom is 0.282 e. The Morgan fingerprint density at radius 1 is 0.675 bits per heavy atom. The minimum atomic E-state index is -0.876. The summed E-state index contributed by atoms with van der Waals surface area (Å²) in [6, 6.07) is 19.9. The van der Waals surface area contributed by atoms with E-state index in [9.17, 15) is 29.8 Å². The van der Waals surface area contributed by atoms with Gasteiger partial charge in [-0.15, -0.1) is 5.11 Å². The van der Waals surface area contributed by atoms with E-state index in [4.69, 9.17) is 23.2 Å². The molecule has 14 heteroatoms. The van der Waals surface area contributed by atoms with Crippen LogP contribution in [0.15, 0.2) is 95.2 Å². The van der Waals surface area contributed by atoms with Crippen LogP contribution >= 0.6 is 23.2 Å². The van der Waals surface area contributed by atoms with Gasteiger partial charge in [-0.1, -0.05) is 41.4 Å². The van der Waals surface area contributed by atoms with Crippen molar-refractivity contribution in [3.63, 3.8) is 0 Å². The van der Waals surface area contributed by atoms with Crippen LogP contribution in [0.3, 0.4) is 0 Å². The zero-order valence-electron chi connectivity index (χ0n) is 20.1. The molecule has 4 rings (SSSR count). The van der Waals surface area contributed by atoms with Crippen LogP contribution in [0.2, 0.25) is 10.0 Å². The lowest BCUT2D eigenvalue weighted by Crippen LogP contribution is -2.16. The van der Waals surface area contributed by atoms with Crippen molar-refractivity contribution in [2.24, 2.45) is 10.2 Å². The predicted molar refractivity (Wildman–Crippen MR) is 149 cm³/mol. The normalized spacial score (nSPS) is 10.8. The summed E-state index contributed by atoms with van der Waals surface area (Å²) in [5, 5.41) is 36.4. The lowest BCUT2D eigenvalue weighted by Gasteiger charge is -2.12. The van der Waals surface area contributed by atoms with Gasteiger partial charge in [0.15, 0.2) is 0 Å². The molecule has 0 atom stereocenters. The summed E-state index contributed by atoms with van der Waals surface area (Å²) in [7, 11) is 0. The molecule has 0 unspecified atom stereocenters. The highest BCUT2D eigenvalue weighted by atomic mass is 35.5. The molecular formula is C26H16Cl2N6O6. The summed E-state index contributed by atoms with van der Waals surface area (Å²) in [5.74, 6) is -1.71. The van der Waals surface area contributed by atoms with E-state index in [1.807, 2.05) is 0 Å². The summed E-state index contributed by atoms with van der Waals surface area (Å²) in [6.45, 7) is 0. The van der Waals surface area contributed by atoms with E-state index in [1.54, 1.807) is 30.3 Å². The van der Waals surface area contributed by atoms with E-state index in [0.29, 0.717) is 5.69 Å². The number of rotatable bonds is 8. The Kier molecular flexibility index (Phi) is 8.42. The first-order valence-corrected chi connectivity index (χ1v) is 12.0. The van der Waals surface area contributed by atoms with Crippen LogP contribution in [0.5, 0.6) is 0 Å². The SMILES string of the molecule is O=C(Nc1ccc(N=Nc2ccccc2)c(NC(=O)c2cc(Cl)ccc2[N+](=O)[O-])c1)c1cc(Cl)ccc1[N+](=O)[O-]. The van der Waals surface area contributed by atoms with Gasteiger partial charge in [0.2, 0.25) is 0 Å². The number of amides is 2. The van der Waals surface area contributed by atoms with Gasteiger partial charge in [-0.25, -0.2) is 0 Å². The van der Waals surface area contributed by atoms with E-state index < -0.39 is 33.0 Å². The molecule has 0 aliphatic rings. The number of nitrogens with zero attached hydrogens (tertiary/aromatic N) is 4. The second kappa shape index (κ2) is 12.1. The molecule has 0 aromatic heterocycles. The van der Waals surface area contributed by atoms with Gasteiger partial charge in [0.05, 0.1) is 21.2 Å². The number of azo groups is 1. The molecule has 0 heterocycles. The standard InChI is InChI=1S/C26H16Cl2N6O6/c27-15-6-10-23(33(37)38)19(12-15)25(35)29-18-8-9-21(32-31-17-4-2-1-3-5-17)22(14-18)30-26(36)20-13-16(28)7-11-24(20)34(39)40/h1-14H,(H,29,35)(H,30,36). The molecule has 40 heavy (non-hydrogen) atoms. The Morgan fingerprint density at radius 3 is 1.77 bits per heavy atom. The largest absolute Gasteiger partial charge is 0.322 e. The van der Waals surface area contributed by atoms with Gasteiger partial charge in [-0.3, -0.25) is 29.8 Å². The second-order valence-corrected chi connectivity index (χ2v) is 8.89. The number of nitro groups is 2. The molecule has 2 N–H and O–H groups in total. The molecule has 4 aromatic rings. The first-order valence-electron chi connectivity index (χ1n) is 11.2. The number of hydrogen-bond donors (Lipinski definition) is 2. The average molecular weight is 579 g/mol. The lowest BCUT2D eigenvalue weighted by molar-refractivity contribution is -0.385. The van der Waals surface area contributed by atoms with Crippen molar-refractivity contribution >= 4 is 69.1 Å². The molecule has 0 bridgehead atoms. The number of halogens is 2. The third kappa shape index (κ3) is 6.62. The molecule has 4 aromatic carbocycles. The molecule has 0 saturated heterocycles. The minimum absolute atomic E-state index is 0.0253. The Balaban J connectivity index is 1.71. The van der Waals surface area contributed by atoms with Crippen molar-refractivity contribution < 1.29 is 19.4 Å². The van der Waals surface area contributed by atoms with Gasteiger partial charge in [0.25, 0.3) is 23.2 Å². The summed E-state index contributed by atoms with van der Waals surface area (Å²) in [4.78, 5) is 47.4. The zero-order valence-corrected chi connectivity index (χ0v) is 21.6.